The second-order valence-corrected chi connectivity index (χ2v) is 5.75. The van der Waals surface area contributed by atoms with Crippen LogP contribution in [0.3, 0.4) is 0 Å². The minimum Gasteiger partial charge on any atom is -0.469 e. The first-order valence-corrected chi connectivity index (χ1v) is 7.79. The van der Waals surface area contributed by atoms with Crippen LogP contribution < -0.4 is 5.32 Å². The Balaban J connectivity index is 1.81. The maximum atomic E-state index is 12.1. The molecule has 1 fully saturated rings. The third kappa shape index (κ3) is 4.45. The predicted molar refractivity (Wildman–Crippen MR) is 85.1 cm³/mol. The molecule has 1 aromatic carbocycles. The zero-order chi connectivity index (χ0) is 16.8. The summed E-state index contributed by atoms with van der Waals surface area (Å²) in [7, 11) is 1.37. The smallest absolute Gasteiger partial charge is 0.308 e. The first-order chi connectivity index (χ1) is 11.0. The normalized spacial score (nSPS) is 15.1. The van der Waals surface area contributed by atoms with Gasteiger partial charge in [-0.1, -0.05) is 23.7 Å². The summed E-state index contributed by atoms with van der Waals surface area (Å²) in [4.78, 5) is 37.2. The maximum Gasteiger partial charge on any atom is 0.308 e. The molecule has 1 heterocycles. The van der Waals surface area contributed by atoms with Crippen LogP contribution in [0.15, 0.2) is 24.3 Å². The third-order valence-corrected chi connectivity index (χ3v) is 4.23. The van der Waals surface area contributed by atoms with Crippen molar-refractivity contribution in [2.45, 2.75) is 12.8 Å². The standard InChI is InChI=1S/C16H19ClN2O4/c1-23-16(22)11-6-8-19(9-7-11)14(20)10-18-15(21)12-4-2-3-5-13(12)17/h2-5,11H,6-10H2,1H3,(H,18,21). The molecular formula is C16H19ClN2O4. The van der Waals surface area contributed by atoms with Gasteiger partial charge in [0.25, 0.3) is 5.91 Å². The first-order valence-electron chi connectivity index (χ1n) is 7.41. The number of hydrogen-bond donors (Lipinski definition) is 1. The Hall–Kier alpha value is -2.08. The van der Waals surface area contributed by atoms with Crippen LogP contribution in [0.1, 0.15) is 23.2 Å². The summed E-state index contributed by atoms with van der Waals surface area (Å²) in [5.74, 6) is -0.937. The average molecular weight is 339 g/mol. The Bertz CT molecular complexity index is 597. The van der Waals surface area contributed by atoms with Crippen molar-refractivity contribution < 1.29 is 19.1 Å². The highest BCUT2D eigenvalue weighted by Gasteiger charge is 2.27. The predicted octanol–water partition coefficient (Wildman–Crippen LogP) is 1.48. The number of nitrogens with zero attached hydrogens (tertiary/aromatic N) is 1. The first kappa shape index (κ1) is 17.3. The van der Waals surface area contributed by atoms with Gasteiger partial charge in [-0.15, -0.1) is 0 Å². The number of methoxy groups -OCH3 is 1. The Labute approximate surface area is 139 Å². The van der Waals surface area contributed by atoms with Crippen molar-refractivity contribution in [1.29, 1.82) is 0 Å². The number of benzene rings is 1. The van der Waals surface area contributed by atoms with Gasteiger partial charge in [0, 0.05) is 13.1 Å². The van der Waals surface area contributed by atoms with Crippen molar-refractivity contribution >= 4 is 29.4 Å². The van der Waals surface area contributed by atoms with Gasteiger partial charge >= 0.3 is 5.97 Å². The zero-order valence-corrected chi connectivity index (χ0v) is 13.6. The monoisotopic (exact) mass is 338 g/mol. The van der Waals surface area contributed by atoms with Crippen molar-refractivity contribution in [3.8, 4) is 0 Å². The molecule has 0 aromatic heterocycles. The molecule has 2 rings (SSSR count). The second kappa shape index (κ2) is 7.97. The molecule has 2 amide bonds. The Kier molecular flexibility index (Phi) is 5.98. The van der Waals surface area contributed by atoms with Gasteiger partial charge in [-0.2, -0.15) is 0 Å². The van der Waals surface area contributed by atoms with Crippen molar-refractivity contribution in [3.05, 3.63) is 34.9 Å². The number of esters is 1. The van der Waals surface area contributed by atoms with Crippen LogP contribution in [-0.4, -0.2) is 49.4 Å². The summed E-state index contributed by atoms with van der Waals surface area (Å²) in [5.41, 5.74) is 0.339. The number of amides is 2. The van der Waals surface area contributed by atoms with E-state index in [4.69, 9.17) is 16.3 Å². The molecule has 0 atom stereocenters. The summed E-state index contributed by atoms with van der Waals surface area (Å²) < 4.78 is 4.71. The van der Waals surface area contributed by atoms with E-state index in [0.717, 1.165) is 0 Å². The number of likely N-dealkylation sites (tertiary alicyclic amines) is 1. The van der Waals surface area contributed by atoms with Gasteiger partial charge in [0.1, 0.15) is 0 Å². The van der Waals surface area contributed by atoms with E-state index in [0.29, 0.717) is 36.5 Å². The van der Waals surface area contributed by atoms with Crippen LogP contribution in [-0.2, 0) is 14.3 Å². The molecule has 0 bridgehead atoms. The van der Waals surface area contributed by atoms with Crippen LogP contribution in [0.2, 0.25) is 5.02 Å². The lowest BCUT2D eigenvalue weighted by molar-refractivity contribution is -0.148. The van der Waals surface area contributed by atoms with E-state index in [2.05, 4.69) is 5.32 Å². The van der Waals surface area contributed by atoms with Crippen molar-refractivity contribution in [2.75, 3.05) is 26.7 Å². The molecule has 124 valence electrons. The topological polar surface area (TPSA) is 75.7 Å². The molecule has 1 aliphatic rings. The second-order valence-electron chi connectivity index (χ2n) is 5.34. The van der Waals surface area contributed by atoms with Crippen molar-refractivity contribution in [1.82, 2.24) is 10.2 Å². The number of piperidine rings is 1. The van der Waals surface area contributed by atoms with Gasteiger partial charge in [0.05, 0.1) is 30.2 Å². The van der Waals surface area contributed by atoms with Gasteiger partial charge in [0.15, 0.2) is 0 Å². The van der Waals surface area contributed by atoms with E-state index in [9.17, 15) is 14.4 Å². The summed E-state index contributed by atoms with van der Waals surface area (Å²) in [6.45, 7) is 0.883. The van der Waals surface area contributed by atoms with E-state index < -0.39 is 0 Å². The number of hydrogen-bond acceptors (Lipinski definition) is 4. The highest BCUT2D eigenvalue weighted by atomic mass is 35.5. The highest BCUT2D eigenvalue weighted by molar-refractivity contribution is 6.33. The van der Waals surface area contributed by atoms with E-state index in [-0.39, 0.29) is 30.2 Å². The maximum absolute atomic E-state index is 12.1. The number of carbonyl (C=O) groups is 3. The van der Waals surface area contributed by atoms with Gasteiger partial charge < -0.3 is 15.0 Å². The fraction of sp³-hybridized carbons (Fsp3) is 0.438. The molecule has 0 radical (unpaired) electrons. The summed E-state index contributed by atoms with van der Waals surface area (Å²) in [6, 6.07) is 6.66. The summed E-state index contributed by atoms with van der Waals surface area (Å²) in [5, 5.41) is 2.92. The molecule has 7 heteroatoms. The largest absolute Gasteiger partial charge is 0.469 e. The zero-order valence-electron chi connectivity index (χ0n) is 12.9. The van der Waals surface area contributed by atoms with Gasteiger partial charge in [-0.25, -0.2) is 0 Å². The number of halogens is 1. The van der Waals surface area contributed by atoms with E-state index >= 15 is 0 Å². The number of carbonyl (C=O) groups excluding carboxylic acids is 3. The van der Waals surface area contributed by atoms with E-state index in [1.54, 1.807) is 29.2 Å². The SMILES string of the molecule is COC(=O)C1CCN(C(=O)CNC(=O)c2ccccc2Cl)CC1. The van der Waals surface area contributed by atoms with Gasteiger partial charge in [-0.3, -0.25) is 14.4 Å². The number of rotatable bonds is 4. The fourth-order valence-corrected chi connectivity index (χ4v) is 2.76. The molecule has 6 nitrogen and oxygen atoms in total. The molecule has 23 heavy (non-hydrogen) atoms. The summed E-state index contributed by atoms with van der Waals surface area (Å²) >= 11 is 5.94. The van der Waals surface area contributed by atoms with Crippen LogP contribution in [0.25, 0.3) is 0 Å². The van der Waals surface area contributed by atoms with Gasteiger partial charge in [0.2, 0.25) is 5.91 Å². The van der Waals surface area contributed by atoms with E-state index in [1.807, 2.05) is 0 Å². The molecule has 1 saturated heterocycles. The Morgan fingerprint density at radius 1 is 1.26 bits per heavy atom. The van der Waals surface area contributed by atoms with Gasteiger partial charge in [-0.05, 0) is 25.0 Å². The van der Waals surface area contributed by atoms with Crippen molar-refractivity contribution in [3.63, 3.8) is 0 Å². The van der Waals surface area contributed by atoms with Crippen LogP contribution in [0, 0.1) is 5.92 Å². The fourth-order valence-electron chi connectivity index (χ4n) is 2.54. The number of ether oxygens (including phenoxy) is 1. The summed E-state index contributed by atoms with van der Waals surface area (Å²) in [6.07, 6.45) is 1.16. The quantitative estimate of drug-likeness (QED) is 0.844. The number of nitrogens with one attached hydrogen (secondary N) is 1. The highest BCUT2D eigenvalue weighted by Crippen LogP contribution is 2.18. The average Bonchev–Trinajstić information content (AvgIpc) is 2.59. The van der Waals surface area contributed by atoms with Crippen LogP contribution in [0.4, 0.5) is 0 Å². The lowest BCUT2D eigenvalue weighted by atomic mass is 9.97. The molecule has 1 aliphatic heterocycles. The Morgan fingerprint density at radius 2 is 1.91 bits per heavy atom. The minimum atomic E-state index is -0.381. The molecule has 0 spiro atoms. The van der Waals surface area contributed by atoms with Crippen LogP contribution in [0.5, 0.6) is 0 Å². The van der Waals surface area contributed by atoms with E-state index in [1.165, 1.54) is 7.11 Å². The minimum absolute atomic E-state index is 0.0903. The van der Waals surface area contributed by atoms with Crippen molar-refractivity contribution in [2.24, 2.45) is 5.92 Å². The molecule has 0 unspecified atom stereocenters. The molecule has 1 N–H and O–H groups in total. The van der Waals surface area contributed by atoms with Crippen LogP contribution >= 0.6 is 11.6 Å². The molecule has 0 saturated carbocycles. The third-order valence-electron chi connectivity index (χ3n) is 3.90. The molecule has 0 aliphatic carbocycles. The Morgan fingerprint density at radius 3 is 2.52 bits per heavy atom. The lowest BCUT2D eigenvalue weighted by Crippen LogP contribution is -2.45. The lowest BCUT2D eigenvalue weighted by Gasteiger charge is -2.30. The molecule has 1 aromatic rings. The molecular weight excluding hydrogens is 320 g/mol.